The Morgan fingerprint density at radius 2 is 2.12 bits per heavy atom. The fourth-order valence-corrected chi connectivity index (χ4v) is 5.19. The van der Waals surface area contributed by atoms with E-state index in [0.29, 0.717) is 33.8 Å². The minimum atomic E-state index is -0.112. The third-order valence-electron chi connectivity index (χ3n) is 6.32. The van der Waals surface area contributed by atoms with Gasteiger partial charge in [-0.3, -0.25) is 14.6 Å². The molecule has 164 valence electrons. The number of hydrogen-bond acceptors (Lipinski definition) is 5. The van der Waals surface area contributed by atoms with Crippen LogP contribution in [-0.4, -0.2) is 20.6 Å². The molecule has 1 N–H and O–H groups in total. The number of aromatic nitrogens is 3. The lowest BCUT2D eigenvalue weighted by molar-refractivity contribution is -0.117. The summed E-state index contributed by atoms with van der Waals surface area (Å²) in [5, 5.41) is 8.78. The van der Waals surface area contributed by atoms with Crippen molar-refractivity contribution in [2.45, 2.75) is 45.1 Å². The van der Waals surface area contributed by atoms with Crippen molar-refractivity contribution in [3.63, 3.8) is 0 Å². The van der Waals surface area contributed by atoms with Gasteiger partial charge in [-0.25, -0.2) is 0 Å². The highest BCUT2D eigenvalue weighted by molar-refractivity contribution is 6.37. The molecule has 8 heteroatoms. The standard InChI is InChI=1S/C24H23ClN4O3/c1-14-21-23(28-32-14)22-18(25)8-3-9-19(22)29(24(21)31)17-7-2-5-15(11-17)12-20(30)27-16-6-4-10-26-13-16/h3-4,6,8-10,13,15,17H,2,5,7,11-12H2,1H3,(H,27,30)/t15-,17+/m1/s1. The summed E-state index contributed by atoms with van der Waals surface area (Å²) in [6.07, 6.45) is 7.24. The minimum absolute atomic E-state index is 0.0212. The third kappa shape index (κ3) is 3.66. The Labute approximate surface area is 189 Å². The van der Waals surface area contributed by atoms with Crippen molar-refractivity contribution in [1.29, 1.82) is 0 Å². The van der Waals surface area contributed by atoms with E-state index in [4.69, 9.17) is 16.1 Å². The zero-order valence-electron chi connectivity index (χ0n) is 17.7. The quantitative estimate of drug-likeness (QED) is 0.458. The van der Waals surface area contributed by atoms with Gasteiger partial charge in [-0.2, -0.15) is 0 Å². The zero-order chi connectivity index (χ0) is 22.2. The maximum absolute atomic E-state index is 13.5. The van der Waals surface area contributed by atoms with Crippen molar-refractivity contribution in [2.24, 2.45) is 5.92 Å². The van der Waals surface area contributed by atoms with Crippen LogP contribution in [0.25, 0.3) is 21.8 Å². The molecule has 5 rings (SSSR count). The van der Waals surface area contributed by atoms with E-state index in [2.05, 4.69) is 15.5 Å². The summed E-state index contributed by atoms with van der Waals surface area (Å²) < 4.78 is 7.20. The molecule has 32 heavy (non-hydrogen) atoms. The van der Waals surface area contributed by atoms with Crippen molar-refractivity contribution >= 4 is 45.0 Å². The maximum atomic E-state index is 13.5. The van der Waals surface area contributed by atoms with E-state index >= 15 is 0 Å². The molecule has 0 saturated heterocycles. The number of nitrogens with one attached hydrogen (secondary N) is 1. The number of carbonyl (C=O) groups is 1. The normalized spacial score (nSPS) is 18.8. The molecule has 1 aliphatic rings. The van der Waals surface area contributed by atoms with E-state index in [9.17, 15) is 9.59 Å². The zero-order valence-corrected chi connectivity index (χ0v) is 18.4. The lowest BCUT2D eigenvalue weighted by atomic mass is 9.83. The first kappa shape index (κ1) is 20.7. The van der Waals surface area contributed by atoms with Crippen molar-refractivity contribution in [3.05, 3.63) is 63.9 Å². The van der Waals surface area contributed by atoms with Crippen LogP contribution in [-0.2, 0) is 4.79 Å². The molecule has 1 aliphatic carbocycles. The summed E-state index contributed by atoms with van der Waals surface area (Å²) in [7, 11) is 0. The predicted molar refractivity (Wildman–Crippen MR) is 124 cm³/mol. The van der Waals surface area contributed by atoms with Crippen LogP contribution in [0.15, 0.2) is 52.0 Å². The molecule has 2 atom stereocenters. The lowest BCUT2D eigenvalue weighted by Crippen LogP contribution is -2.30. The van der Waals surface area contributed by atoms with E-state index in [-0.39, 0.29) is 23.4 Å². The monoisotopic (exact) mass is 450 g/mol. The molecule has 0 radical (unpaired) electrons. The van der Waals surface area contributed by atoms with Crippen molar-refractivity contribution in [1.82, 2.24) is 14.7 Å². The number of rotatable bonds is 4. The minimum Gasteiger partial charge on any atom is -0.360 e. The van der Waals surface area contributed by atoms with Crippen LogP contribution in [0.5, 0.6) is 0 Å². The first-order valence-corrected chi connectivity index (χ1v) is 11.2. The first-order valence-electron chi connectivity index (χ1n) is 10.8. The van der Waals surface area contributed by atoms with Crippen LogP contribution in [0.4, 0.5) is 5.69 Å². The number of anilines is 1. The Balaban J connectivity index is 1.48. The molecule has 3 aromatic heterocycles. The summed E-state index contributed by atoms with van der Waals surface area (Å²) in [5.41, 5.74) is 1.84. The molecule has 0 unspecified atom stereocenters. The maximum Gasteiger partial charge on any atom is 0.264 e. The highest BCUT2D eigenvalue weighted by Crippen LogP contribution is 2.38. The molecule has 0 bridgehead atoms. The largest absolute Gasteiger partial charge is 0.360 e. The SMILES string of the molecule is Cc1onc2c1c(=O)n([C@H]1CCC[C@@H](CC(=O)Nc3cccnc3)C1)c1cccc(Cl)c21. The summed E-state index contributed by atoms with van der Waals surface area (Å²) >= 11 is 6.53. The van der Waals surface area contributed by atoms with Crippen molar-refractivity contribution < 1.29 is 9.32 Å². The third-order valence-corrected chi connectivity index (χ3v) is 6.64. The number of pyridine rings is 2. The lowest BCUT2D eigenvalue weighted by Gasteiger charge is -2.31. The molecule has 7 nitrogen and oxygen atoms in total. The molecular weight excluding hydrogens is 428 g/mol. The van der Waals surface area contributed by atoms with Gasteiger partial charge in [0.05, 0.1) is 22.4 Å². The van der Waals surface area contributed by atoms with E-state index in [1.54, 1.807) is 31.5 Å². The van der Waals surface area contributed by atoms with Gasteiger partial charge < -0.3 is 14.4 Å². The number of aryl methyl sites for hydroxylation is 1. The first-order chi connectivity index (χ1) is 15.5. The van der Waals surface area contributed by atoms with Crippen LogP contribution >= 0.6 is 11.6 Å². The molecule has 1 aromatic carbocycles. The highest BCUT2D eigenvalue weighted by Gasteiger charge is 2.29. The van der Waals surface area contributed by atoms with Crippen LogP contribution in [0.3, 0.4) is 0 Å². The van der Waals surface area contributed by atoms with E-state index in [1.165, 1.54) is 0 Å². The van der Waals surface area contributed by atoms with E-state index in [0.717, 1.165) is 36.6 Å². The number of nitrogens with zero attached hydrogens (tertiary/aromatic N) is 3. The fourth-order valence-electron chi connectivity index (χ4n) is 4.93. The second kappa shape index (κ2) is 8.39. The average molecular weight is 451 g/mol. The summed E-state index contributed by atoms with van der Waals surface area (Å²) in [4.78, 5) is 30.2. The van der Waals surface area contributed by atoms with E-state index < -0.39 is 0 Å². The number of halogens is 1. The van der Waals surface area contributed by atoms with Gasteiger partial charge in [0.15, 0.2) is 0 Å². The highest BCUT2D eigenvalue weighted by atomic mass is 35.5. The van der Waals surface area contributed by atoms with E-state index in [1.807, 2.05) is 22.8 Å². The van der Waals surface area contributed by atoms with Gasteiger partial charge in [0, 0.05) is 24.0 Å². The van der Waals surface area contributed by atoms with Crippen LogP contribution in [0, 0.1) is 12.8 Å². The van der Waals surface area contributed by atoms with Gasteiger partial charge in [-0.1, -0.05) is 29.2 Å². The van der Waals surface area contributed by atoms with Gasteiger partial charge in [0.25, 0.3) is 5.56 Å². The number of hydrogen-bond donors (Lipinski definition) is 1. The summed E-state index contributed by atoms with van der Waals surface area (Å²) in [6, 6.07) is 9.14. The van der Waals surface area contributed by atoms with Gasteiger partial charge >= 0.3 is 0 Å². The van der Waals surface area contributed by atoms with Gasteiger partial charge in [0.1, 0.15) is 16.7 Å². The Hall–Kier alpha value is -3.19. The van der Waals surface area contributed by atoms with Crippen molar-refractivity contribution in [2.75, 3.05) is 5.32 Å². The number of fused-ring (bicyclic) bond motifs is 3. The average Bonchev–Trinajstić information content (AvgIpc) is 3.16. The Kier molecular flexibility index (Phi) is 5.43. The predicted octanol–water partition coefficient (Wildman–Crippen LogP) is 5.26. The van der Waals surface area contributed by atoms with Gasteiger partial charge in [0.2, 0.25) is 5.91 Å². The van der Waals surface area contributed by atoms with Gasteiger partial charge in [-0.05, 0) is 56.4 Å². The number of amides is 1. The second-order valence-corrected chi connectivity index (χ2v) is 8.86. The number of carbonyl (C=O) groups excluding carboxylic acids is 1. The van der Waals surface area contributed by atoms with Crippen LogP contribution in [0.2, 0.25) is 5.02 Å². The summed E-state index contributed by atoms with van der Waals surface area (Å²) in [6.45, 7) is 1.75. The summed E-state index contributed by atoms with van der Waals surface area (Å²) in [5.74, 6) is 0.642. The molecule has 3 heterocycles. The Bertz CT molecular complexity index is 1360. The molecule has 0 aliphatic heterocycles. The molecule has 1 saturated carbocycles. The molecule has 1 amide bonds. The smallest absolute Gasteiger partial charge is 0.264 e. The second-order valence-electron chi connectivity index (χ2n) is 8.45. The molecule has 4 aromatic rings. The molecule has 0 spiro atoms. The number of benzene rings is 1. The van der Waals surface area contributed by atoms with Crippen molar-refractivity contribution in [3.8, 4) is 0 Å². The Morgan fingerprint density at radius 3 is 2.94 bits per heavy atom. The van der Waals surface area contributed by atoms with Crippen LogP contribution < -0.4 is 10.9 Å². The Morgan fingerprint density at radius 1 is 1.25 bits per heavy atom. The fraction of sp³-hybridized carbons (Fsp3) is 0.333. The molecule has 1 fully saturated rings. The topological polar surface area (TPSA) is 90.0 Å². The van der Waals surface area contributed by atoms with Gasteiger partial charge in [-0.15, -0.1) is 0 Å². The van der Waals surface area contributed by atoms with Crippen LogP contribution in [0.1, 0.15) is 43.9 Å². The molecular formula is C24H23ClN4O3.